The maximum absolute atomic E-state index is 6.30. The molecule has 2 aromatic heterocycles. The van der Waals surface area contributed by atoms with Gasteiger partial charge in [0.1, 0.15) is 16.3 Å². The molecule has 1 aliphatic heterocycles. The molecule has 0 radical (unpaired) electrons. The van der Waals surface area contributed by atoms with Crippen LogP contribution >= 0.6 is 23.8 Å². The maximum Gasteiger partial charge on any atom is 0.150 e. The number of anilines is 1. The molecule has 204 valence electrons. The summed E-state index contributed by atoms with van der Waals surface area (Å²) in [7, 11) is 0. The number of thiocarbonyl (C=S) groups is 1. The van der Waals surface area contributed by atoms with Crippen molar-refractivity contribution in [2.24, 2.45) is 11.8 Å². The highest BCUT2D eigenvalue weighted by molar-refractivity contribution is 7.80. The van der Waals surface area contributed by atoms with Crippen molar-refractivity contribution in [1.29, 1.82) is 0 Å². The van der Waals surface area contributed by atoms with Crippen molar-refractivity contribution in [3.8, 4) is 11.1 Å². The Bertz CT molecular complexity index is 1480. The fourth-order valence-corrected chi connectivity index (χ4v) is 6.91. The number of hydrogen-bond acceptors (Lipinski definition) is 3. The molecule has 1 saturated carbocycles. The van der Waals surface area contributed by atoms with Crippen LogP contribution in [0, 0.1) is 18.8 Å². The first-order valence-electron chi connectivity index (χ1n) is 14.4. The summed E-state index contributed by atoms with van der Waals surface area (Å²) >= 11 is 12.5. The molecule has 0 saturated heterocycles. The summed E-state index contributed by atoms with van der Waals surface area (Å²) in [6.45, 7) is 8.47. The lowest BCUT2D eigenvalue weighted by molar-refractivity contribution is 0.225. The zero-order chi connectivity index (χ0) is 27.1. The smallest absolute Gasteiger partial charge is 0.150 e. The molecule has 3 atom stereocenters. The molecule has 0 amide bonds. The monoisotopic (exact) mass is 559 g/mol. The Morgan fingerprint density at radius 3 is 2.56 bits per heavy atom. The van der Waals surface area contributed by atoms with Gasteiger partial charge in [-0.15, -0.1) is 0 Å². The molecule has 1 aliphatic carbocycles. The molecule has 5 nitrogen and oxygen atoms in total. The Hall–Kier alpha value is -2.83. The molecule has 6 rings (SSSR count). The summed E-state index contributed by atoms with van der Waals surface area (Å²) in [6.07, 6.45) is 6.98. The summed E-state index contributed by atoms with van der Waals surface area (Å²) in [5, 5.41) is 13.4. The van der Waals surface area contributed by atoms with E-state index in [2.05, 4.69) is 76.9 Å². The largest absolute Gasteiger partial charge is 0.378 e. The lowest BCUT2D eigenvalue weighted by Gasteiger charge is -2.35. The molecule has 3 heterocycles. The fourth-order valence-electron chi connectivity index (χ4n) is 6.45. The van der Waals surface area contributed by atoms with Crippen LogP contribution in [0.5, 0.6) is 0 Å². The van der Waals surface area contributed by atoms with Crippen molar-refractivity contribution in [2.45, 2.75) is 78.4 Å². The van der Waals surface area contributed by atoms with E-state index in [1.165, 1.54) is 35.2 Å². The van der Waals surface area contributed by atoms with Crippen LogP contribution in [0.4, 0.5) is 5.69 Å². The van der Waals surface area contributed by atoms with E-state index in [0.29, 0.717) is 24.4 Å². The van der Waals surface area contributed by atoms with Crippen molar-refractivity contribution >= 4 is 40.1 Å². The van der Waals surface area contributed by atoms with E-state index < -0.39 is 0 Å². The highest BCUT2D eigenvalue weighted by Crippen LogP contribution is 2.38. The van der Waals surface area contributed by atoms with E-state index in [0.717, 1.165) is 65.0 Å². The molecular weight excluding hydrogens is 522 g/mol. The molecule has 0 spiro atoms. The summed E-state index contributed by atoms with van der Waals surface area (Å²) in [4.78, 5) is 0.801. The van der Waals surface area contributed by atoms with Gasteiger partial charge in [0.15, 0.2) is 5.82 Å². The van der Waals surface area contributed by atoms with Crippen molar-refractivity contribution < 1.29 is 0 Å². The molecule has 2 aromatic carbocycles. The van der Waals surface area contributed by atoms with Crippen LogP contribution in [0.2, 0.25) is 5.02 Å². The second-order valence-corrected chi connectivity index (χ2v) is 12.4. The van der Waals surface area contributed by atoms with E-state index >= 15 is 0 Å². The van der Waals surface area contributed by atoms with Crippen LogP contribution in [0.15, 0.2) is 48.5 Å². The maximum atomic E-state index is 6.30. The van der Waals surface area contributed by atoms with Crippen LogP contribution < -0.4 is 10.6 Å². The van der Waals surface area contributed by atoms with Crippen molar-refractivity contribution in [3.05, 3.63) is 76.2 Å². The number of rotatable bonds is 6. The normalized spacial score (nSPS) is 21.1. The molecule has 7 heteroatoms. The van der Waals surface area contributed by atoms with E-state index in [4.69, 9.17) is 28.9 Å². The van der Waals surface area contributed by atoms with Gasteiger partial charge < -0.3 is 15.2 Å². The minimum Gasteiger partial charge on any atom is -0.378 e. The van der Waals surface area contributed by atoms with Crippen LogP contribution in [-0.4, -0.2) is 25.2 Å². The lowest BCUT2D eigenvalue weighted by Crippen LogP contribution is -2.43. The van der Waals surface area contributed by atoms with Gasteiger partial charge in [0.25, 0.3) is 0 Å². The Labute approximate surface area is 241 Å². The minimum absolute atomic E-state index is 0.381. The zero-order valence-electron chi connectivity index (χ0n) is 23.1. The van der Waals surface area contributed by atoms with Crippen LogP contribution in [0.25, 0.3) is 16.8 Å². The Morgan fingerprint density at radius 2 is 1.79 bits per heavy atom. The van der Waals surface area contributed by atoms with Gasteiger partial charge in [0.05, 0.1) is 6.54 Å². The molecular formula is C32H38ClN5S. The first kappa shape index (κ1) is 26.4. The molecule has 39 heavy (non-hydrogen) atoms. The van der Waals surface area contributed by atoms with Gasteiger partial charge in [0.2, 0.25) is 0 Å². The van der Waals surface area contributed by atoms with E-state index in [-0.39, 0.29) is 0 Å². The summed E-state index contributed by atoms with van der Waals surface area (Å²) < 4.78 is 4.56. The number of hydrogen-bond donors (Lipinski definition) is 2. The zero-order valence-corrected chi connectivity index (χ0v) is 24.7. The highest BCUT2D eigenvalue weighted by Gasteiger charge is 2.32. The Kier molecular flexibility index (Phi) is 7.43. The number of halogens is 1. The third-order valence-corrected chi connectivity index (χ3v) is 9.50. The predicted octanol–water partition coefficient (Wildman–Crippen LogP) is 7.80. The molecule has 0 bridgehead atoms. The first-order chi connectivity index (χ1) is 18.9. The third kappa shape index (κ3) is 5.09. The lowest BCUT2D eigenvalue weighted by atomic mass is 9.78. The summed E-state index contributed by atoms with van der Waals surface area (Å²) in [5.74, 6) is 2.32. The molecule has 0 unspecified atom stereocenters. The highest BCUT2D eigenvalue weighted by atomic mass is 35.5. The van der Waals surface area contributed by atoms with Gasteiger partial charge in [-0.2, -0.15) is 5.10 Å². The van der Waals surface area contributed by atoms with Crippen LogP contribution in [0.3, 0.4) is 0 Å². The summed E-state index contributed by atoms with van der Waals surface area (Å²) in [5.41, 5.74) is 8.26. The first-order valence-corrected chi connectivity index (χ1v) is 15.2. The van der Waals surface area contributed by atoms with Crippen LogP contribution in [0.1, 0.15) is 68.6 Å². The molecule has 1 fully saturated rings. The minimum atomic E-state index is 0.381. The average molecular weight is 560 g/mol. The topological polar surface area (TPSA) is 46.3 Å². The van der Waals surface area contributed by atoms with Crippen molar-refractivity contribution in [3.63, 3.8) is 0 Å². The van der Waals surface area contributed by atoms with Crippen LogP contribution in [-0.2, 0) is 19.5 Å². The Morgan fingerprint density at radius 1 is 1.03 bits per heavy atom. The number of nitrogens with zero attached hydrogens (tertiary/aromatic N) is 3. The molecule has 4 aromatic rings. The quantitative estimate of drug-likeness (QED) is 0.237. The van der Waals surface area contributed by atoms with E-state index in [1.54, 1.807) is 0 Å². The van der Waals surface area contributed by atoms with E-state index in [9.17, 15) is 0 Å². The molecule has 2 aliphatic rings. The number of aryl methyl sites for hydroxylation is 3. The predicted molar refractivity (Wildman–Crippen MR) is 166 cm³/mol. The standard InChI is InChI=1S/C32H38ClN5S/c1-20-10-16-25(17-11-20)34-19-28-36-38-30(31(39)35-27-9-6-7-21(2)22(27)3)29(23-12-14-24(33)15-13-23)26-8-4-5-18-37(28)32(26)38/h10-17,21-22,27,34H,4-9,18-19H2,1-3H3,(H,35,39)/t21-,22-,27-/m1/s1. The van der Waals surface area contributed by atoms with Crippen molar-refractivity contribution in [2.75, 3.05) is 5.32 Å². The Balaban J connectivity index is 1.45. The van der Waals surface area contributed by atoms with Gasteiger partial charge in [-0.05, 0) is 74.3 Å². The van der Waals surface area contributed by atoms with Gasteiger partial charge in [-0.1, -0.05) is 80.3 Å². The number of aromatic nitrogens is 3. The van der Waals surface area contributed by atoms with Gasteiger partial charge >= 0.3 is 0 Å². The van der Waals surface area contributed by atoms with E-state index in [1.807, 2.05) is 12.1 Å². The summed E-state index contributed by atoms with van der Waals surface area (Å²) in [6, 6.07) is 17.1. The van der Waals surface area contributed by atoms with Gasteiger partial charge in [-0.3, -0.25) is 0 Å². The van der Waals surface area contributed by atoms with Gasteiger partial charge in [0, 0.05) is 34.4 Å². The fraction of sp³-hybridized carbons (Fsp3) is 0.438. The van der Waals surface area contributed by atoms with Crippen molar-refractivity contribution in [1.82, 2.24) is 19.5 Å². The molecule has 2 N–H and O–H groups in total. The number of nitrogens with one attached hydrogen (secondary N) is 2. The SMILES string of the molecule is Cc1ccc(NCc2nn3c(C(=S)N[C@@H]4CCC[C@@H](C)[C@H]4C)c(-c4ccc(Cl)cc4)c4c3n2CCCC4)cc1. The third-order valence-electron chi connectivity index (χ3n) is 8.94. The second-order valence-electron chi connectivity index (χ2n) is 11.5. The van der Waals surface area contributed by atoms with Gasteiger partial charge in [-0.25, -0.2) is 4.52 Å². The second kappa shape index (κ2) is 11.0. The number of benzene rings is 2. The average Bonchev–Trinajstić information content (AvgIpc) is 3.33.